The number of esters is 1. The molecule has 0 N–H and O–H groups in total. The molecule has 1 aliphatic rings. The van der Waals surface area contributed by atoms with E-state index in [-0.39, 0.29) is 35.7 Å². The van der Waals surface area contributed by atoms with Crippen molar-refractivity contribution in [3.63, 3.8) is 0 Å². The average molecular weight is 416 g/mol. The largest absolute Gasteiger partial charge is 0.426 e. The number of ketones is 1. The number of hydrogen-bond acceptors (Lipinski definition) is 5. The topological polar surface area (TPSA) is 80.8 Å². The molecule has 0 aliphatic carbocycles. The number of nitrogens with zero attached hydrogens (tertiary/aromatic N) is 1. The van der Waals surface area contributed by atoms with Gasteiger partial charge in [0.1, 0.15) is 5.75 Å². The number of aryl methyl sites for hydroxylation is 2. The lowest BCUT2D eigenvalue weighted by Crippen LogP contribution is -2.41. The van der Waals surface area contributed by atoms with Crippen LogP contribution in [0.2, 0.25) is 0 Å². The Balaban J connectivity index is 1.65. The van der Waals surface area contributed by atoms with E-state index in [1.807, 2.05) is 32.0 Å². The molecule has 3 rings (SSSR count). The number of Topliss-reactive ketones (excluding diaryl/α,β-unsaturated/α-hetero) is 1. The van der Waals surface area contributed by atoms with E-state index in [0.29, 0.717) is 24.2 Å². The Morgan fingerprint density at radius 1 is 0.966 bits per heavy atom. The van der Waals surface area contributed by atoms with Gasteiger partial charge in [0, 0.05) is 18.7 Å². The summed E-state index contributed by atoms with van der Waals surface area (Å²) < 4.78 is 32.7. The van der Waals surface area contributed by atoms with Crippen LogP contribution < -0.4 is 4.74 Å². The second kappa shape index (κ2) is 8.47. The highest BCUT2D eigenvalue weighted by Gasteiger charge is 2.33. The molecule has 7 heteroatoms. The van der Waals surface area contributed by atoms with Crippen molar-refractivity contribution in [2.75, 3.05) is 13.1 Å². The highest BCUT2D eigenvalue weighted by Crippen LogP contribution is 2.28. The highest BCUT2D eigenvalue weighted by atomic mass is 32.2. The molecule has 0 radical (unpaired) electrons. The molecule has 1 saturated heterocycles. The molecule has 1 fully saturated rings. The van der Waals surface area contributed by atoms with E-state index < -0.39 is 10.0 Å². The summed E-state index contributed by atoms with van der Waals surface area (Å²) in [4.78, 5) is 24.1. The number of benzene rings is 2. The number of rotatable bonds is 5. The number of carbonyl (C=O) groups is 2. The molecule has 2 aromatic carbocycles. The predicted octanol–water partition coefficient (Wildman–Crippen LogP) is 3.51. The van der Waals surface area contributed by atoms with Crippen molar-refractivity contribution in [3.8, 4) is 5.75 Å². The van der Waals surface area contributed by atoms with Crippen molar-refractivity contribution in [1.82, 2.24) is 4.31 Å². The Bertz CT molecular complexity index is 999. The zero-order valence-electron chi connectivity index (χ0n) is 16.8. The fraction of sp³-hybridized carbons (Fsp3) is 0.364. The molecule has 0 aromatic heterocycles. The first-order valence-electron chi connectivity index (χ1n) is 9.59. The van der Waals surface area contributed by atoms with Gasteiger partial charge in [0.25, 0.3) is 0 Å². The van der Waals surface area contributed by atoms with E-state index in [0.717, 1.165) is 11.1 Å². The summed E-state index contributed by atoms with van der Waals surface area (Å²) in [5.74, 6) is -0.180. The van der Waals surface area contributed by atoms with Crippen molar-refractivity contribution in [2.45, 2.75) is 38.5 Å². The summed E-state index contributed by atoms with van der Waals surface area (Å²) >= 11 is 0. The molecular weight excluding hydrogens is 390 g/mol. The number of sulfonamides is 1. The number of para-hydroxylation sites is 1. The Labute approximate surface area is 171 Å². The van der Waals surface area contributed by atoms with Crippen LogP contribution >= 0.6 is 0 Å². The van der Waals surface area contributed by atoms with E-state index in [9.17, 15) is 18.0 Å². The Morgan fingerprint density at radius 3 is 2.03 bits per heavy atom. The molecule has 154 valence electrons. The number of carbonyl (C=O) groups excluding carboxylic acids is 2. The molecule has 29 heavy (non-hydrogen) atoms. The third-order valence-corrected chi connectivity index (χ3v) is 7.21. The van der Waals surface area contributed by atoms with E-state index in [4.69, 9.17) is 4.74 Å². The molecule has 0 bridgehead atoms. The summed E-state index contributed by atoms with van der Waals surface area (Å²) in [7, 11) is -3.66. The second-order valence-electron chi connectivity index (χ2n) is 7.40. The van der Waals surface area contributed by atoms with Crippen LogP contribution in [0.5, 0.6) is 5.75 Å². The van der Waals surface area contributed by atoms with Gasteiger partial charge in [-0.25, -0.2) is 8.42 Å². The van der Waals surface area contributed by atoms with Crippen LogP contribution in [0.25, 0.3) is 0 Å². The number of piperidine rings is 1. The van der Waals surface area contributed by atoms with Gasteiger partial charge in [-0.2, -0.15) is 4.31 Å². The summed E-state index contributed by atoms with van der Waals surface area (Å²) in [6.07, 6.45) is 0.822. The molecule has 6 nitrogen and oxygen atoms in total. The average Bonchev–Trinajstić information content (AvgIpc) is 2.71. The molecular formula is C22H25NO5S. The van der Waals surface area contributed by atoms with Crippen molar-refractivity contribution in [2.24, 2.45) is 5.92 Å². The fourth-order valence-electron chi connectivity index (χ4n) is 3.49. The summed E-state index contributed by atoms with van der Waals surface area (Å²) in [6, 6.07) is 11.6. The van der Waals surface area contributed by atoms with Gasteiger partial charge in [0.05, 0.1) is 10.8 Å². The molecule has 0 amide bonds. The minimum Gasteiger partial charge on any atom is -0.426 e. The molecule has 2 aromatic rings. The second-order valence-corrected chi connectivity index (χ2v) is 9.34. The number of hydrogen-bond donors (Lipinski definition) is 0. The summed E-state index contributed by atoms with van der Waals surface area (Å²) in [5, 5.41) is 0. The van der Waals surface area contributed by atoms with E-state index in [1.54, 1.807) is 0 Å². The maximum atomic E-state index is 12.9. The SMILES string of the molecule is CC(=O)c1ccc(S(=O)(=O)N2CCC(C(=O)Oc3c(C)cccc3C)CC2)cc1. The molecule has 0 atom stereocenters. The lowest BCUT2D eigenvalue weighted by molar-refractivity contribution is -0.140. The highest BCUT2D eigenvalue weighted by molar-refractivity contribution is 7.89. The van der Waals surface area contributed by atoms with Crippen LogP contribution in [-0.4, -0.2) is 37.6 Å². The first-order valence-corrected chi connectivity index (χ1v) is 11.0. The van der Waals surface area contributed by atoms with Gasteiger partial charge in [-0.05, 0) is 56.9 Å². The quantitative estimate of drug-likeness (QED) is 0.424. The maximum Gasteiger partial charge on any atom is 0.314 e. The van der Waals surface area contributed by atoms with Gasteiger partial charge in [0.2, 0.25) is 10.0 Å². The Kier molecular flexibility index (Phi) is 6.19. The third kappa shape index (κ3) is 4.57. The summed E-state index contributed by atoms with van der Waals surface area (Å²) in [5.41, 5.74) is 2.26. The fourth-order valence-corrected chi connectivity index (χ4v) is 4.96. The van der Waals surface area contributed by atoms with Crippen LogP contribution in [0.3, 0.4) is 0 Å². The van der Waals surface area contributed by atoms with Crippen LogP contribution in [0.4, 0.5) is 0 Å². The van der Waals surface area contributed by atoms with Crippen LogP contribution in [0.1, 0.15) is 41.3 Å². The third-order valence-electron chi connectivity index (χ3n) is 5.30. The maximum absolute atomic E-state index is 12.9. The standard InChI is InChI=1S/C22H25NO5S/c1-15-5-4-6-16(2)21(15)28-22(25)19-11-13-23(14-12-19)29(26,27)20-9-7-18(8-10-20)17(3)24/h4-10,19H,11-14H2,1-3H3. The van der Waals surface area contributed by atoms with Gasteiger partial charge in [0.15, 0.2) is 5.78 Å². The number of ether oxygens (including phenoxy) is 1. The van der Waals surface area contributed by atoms with E-state index >= 15 is 0 Å². The van der Waals surface area contributed by atoms with Crippen LogP contribution in [0.15, 0.2) is 47.4 Å². The molecule has 0 unspecified atom stereocenters. The first kappa shape index (κ1) is 21.2. The lowest BCUT2D eigenvalue weighted by Gasteiger charge is -2.30. The summed E-state index contributed by atoms with van der Waals surface area (Å²) in [6.45, 7) is 5.72. The van der Waals surface area contributed by atoms with Gasteiger partial charge in [-0.3, -0.25) is 9.59 Å². The minimum absolute atomic E-state index is 0.114. The normalized spacial score (nSPS) is 15.8. The first-order chi connectivity index (χ1) is 13.7. The monoisotopic (exact) mass is 415 g/mol. The van der Waals surface area contributed by atoms with Crippen molar-refractivity contribution >= 4 is 21.8 Å². The van der Waals surface area contributed by atoms with E-state index in [2.05, 4.69) is 0 Å². The van der Waals surface area contributed by atoms with Crippen molar-refractivity contribution < 1.29 is 22.7 Å². The lowest BCUT2D eigenvalue weighted by atomic mass is 9.98. The molecule has 1 aliphatic heterocycles. The van der Waals surface area contributed by atoms with Gasteiger partial charge >= 0.3 is 5.97 Å². The molecule has 0 saturated carbocycles. The zero-order valence-corrected chi connectivity index (χ0v) is 17.7. The van der Waals surface area contributed by atoms with Gasteiger partial charge in [-0.1, -0.05) is 30.3 Å². The van der Waals surface area contributed by atoms with Gasteiger partial charge < -0.3 is 4.74 Å². The zero-order chi connectivity index (χ0) is 21.2. The predicted molar refractivity (Wildman–Crippen MR) is 109 cm³/mol. The Morgan fingerprint density at radius 2 is 1.52 bits per heavy atom. The van der Waals surface area contributed by atoms with Crippen molar-refractivity contribution in [3.05, 3.63) is 59.2 Å². The van der Waals surface area contributed by atoms with Crippen LogP contribution in [-0.2, 0) is 14.8 Å². The van der Waals surface area contributed by atoms with Crippen LogP contribution in [0, 0.1) is 19.8 Å². The molecule has 0 spiro atoms. The molecule has 1 heterocycles. The Hall–Kier alpha value is -2.51. The smallest absolute Gasteiger partial charge is 0.314 e. The van der Waals surface area contributed by atoms with Crippen molar-refractivity contribution in [1.29, 1.82) is 0 Å². The minimum atomic E-state index is -3.66. The van der Waals surface area contributed by atoms with Gasteiger partial charge in [-0.15, -0.1) is 0 Å². The van der Waals surface area contributed by atoms with E-state index in [1.165, 1.54) is 35.5 Å².